The highest BCUT2D eigenvalue weighted by Gasteiger charge is 2.12. The second kappa shape index (κ2) is 6.29. The summed E-state index contributed by atoms with van der Waals surface area (Å²) in [5, 5.41) is 11.1. The van der Waals surface area contributed by atoms with Crippen LogP contribution in [0.2, 0.25) is 0 Å². The van der Waals surface area contributed by atoms with Crippen molar-refractivity contribution in [2.45, 2.75) is 39.0 Å². The fourth-order valence-electron chi connectivity index (χ4n) is 4.59. The molecule has 26 heavy (non-hydrogen) atoms. The molecule has 0 amide bonds. The lowest BCUT2D eigenvalue weighted by Gasteiger charge is -2.15. The fourth-order valence-corrected chi connectivity index (χ4v) is 4.59. The Balaban J connectivity index is 1.78. The summed E-state index contributed by atoms with van der Waals surface area (Å²) in [6.45, 7) is 2.28. The van der Waals surface area contributed by atoms with E-state index in [0.717, 1.165) is 0 Å². The van der Waals surface area contributed by atoms with Gasteiger partial charge in [0.1, 0.15) is 0 Å². The van der Waals surface area contributed by atoms with Crippen molar-refractivity contribution in [2.75, 3.05) is 0 Å². The molecule has 0 nitrogen and oxygen atoms in total. The maximum absolute atomic E-state index is 2.43. The van der Waals surface area contributed by atoms with E-state index in [-0.39, 0.29) is 0 Å². The third kappa shape index (κ3) is 2.36. The lowest BCUT2D eigenvalue weighted by Crippen LogP contribution is -1.91. The first-order valence-corrected chi connectivity index (χ1v) is 9.95. The predicted molar refractivity (Wildman–Crippen MR) is 115 cm³/mol. The Morgan fingerprint density at radius 3 is 2.19 bits per heavy atom. The van der Waals surface area contributed by atoms with Gasteiger partial charge in [0.25, 0.3) is 0 Å². The Kier molecular flexibility index (Phi) is 3.78. The first-order chi connectivity index (χ1) is 12.9. The van der Waals surface area contributed by atoms with Gasteiger partial charge in [0, 0.05) is 0 Å². The molecule has 0 aromatic heterocycles. The molecule has 0 spiro atoms. The largest absolute Gasteiger partial charge is 0.0654 e. The molecule has 0 N–H and O–H groups in total. The highest BCUT2D eigenvalue weighted by atomic mass is 14.2. The van der Waals surface area contributed by atoms with Gasteiger partial charge in [-0.15, -0.1) is 0 Å². The number of rotatable bonds is 5. The molecule has 5 rings (SSSR count). The second-order valence-electron chi connectivity index (χ2n) is 7.56. The highest BCUT2D eigenvalue weighted by molar-refractivity contribution is 6.29. The Hall–Kier alpha value is -2.60. The third-order valence-electron chi connectivity index (χ3n) is 5.90. The van der Waals surface area contributed by atoms with Crippen molar-refractivity contribution >= 4 is 43.1 Å². The normalized spacial score (nSPS) is 12.0. The maximum atomic E-state index is 2.43. The van der Waals surface area contributed by atoms with E-state index in [2.05, 4.69) is 73.7 Å². The average molecular weight is 336 g/mol. The van der Waals surface area contributed by atoms with Gasteiger partial charge in [-0.3, -0.25) is 0 Å². The summed E-state index contributed by atoms with van der Waals surface area (Å²) in [5.74, 6) is 0. The Morgan fingerprint density at radius 2 is 1.35 bits per heavy atom. The third-order valence-corrected chi connectivity index (χ3v) is 5.90. The molecule has 0 fully saturated rings. The van der Waals surface area contributed by atoms with Crippen LogP contribution in [0.15, 0.2) is 66.7 Å². The highest BCUT2D eigenvalue weighted by Crippen LogP contribution is 2.39. The molecular formula is C26H24. The van der Waals surface area contributed by atoms with Gasteiger partial charge < -0.3 is 0 Å². The monoisotopic (exact) mass is 336 g/mol. The number of fused-ring (bicyclic) bond motifs is 2. The lowest BCUT2D eigenvalue weighted by atomic mass is 9.89. The molecule has 128 valence electrons. The van der Waals surface area contributed by atoms with Crippen LogP contribution in [-0.4, -0.2) is 0 Å². The zero-order valence-electron chi connectivity index (χ0n) is 15.4. The van der Waals surface area contributed by atoms with E-state index in [4.69, 9.17) is 0 Å². The van der Waals surface area contributed by atoms with Crippen molar-refractivity contribution in [3.8, 4) is 0 Å². The van der Waals surface area contributed by atoms with Crippen LogP contribution in [0.4, 0.5) is 0 Å². The summed E-state index contributed by atoms with van der Waals surface area (Å²) in [5.41, 5.74) is 1.50. The van der Waals surface area contributed by atoms with Gasteiger partial charge in [-0.25, -0.2) is 0 Å². The van der Waals surface area contributed by atoms with E-state index >= 15 is 0 Å². The van der Waals surface area contributed by atoms with Gasteiger partial charge in [0.05, 0.1) is 0 Å². The number of unbranched alkanes of at least 4 members (excludes halogenated alkanes) is 3. The van der Waals surface area contributed by atoms with Crippen molar-refractivity contribution in [1.82, 2.24) is 0 Å². The Labute approximate surface area is 154 Å². The quantitative estimate of drug-likeness (QED) is 0.174. The molecule has 5 aromatic carbocycles. The summed E-state index contributed by atoms with van der Waals surface area (Å²) < 4.78 is 0. The molecule has 0 atom stereocenters. The molecule has 0 saturated carbocycles. The average Bonchev–Trinajstić information content (AvgIpc) is 2.69. The van der Waals surface area contributed by atoms with Gasteiger partial charge in [-0.2, -0.15) is 0 Å². The summed E-state index contributed by atoms with van der Waals surface area (Å²) in [6, 6.07) is 25.1. The van der Waals surface area contributed by atoms with Gasteiger partial charge >= 0.3 is 0 Å². The number of aryl methyl sites for hydroxylation is 1. The lowest BCUT2D eigenvalue weighted by molar-refractivity contribution is 0.668. The van der Waals surface area contributed by atoms with E-state index in [9.17, 15) is 0 Å². The smallest absolute Gasteiger partial charge is 0.00203 e. The minimum atomic E-state index is 1.19. The van der Waals surface area contributed by atoms with Crippen LogP contribution in [0, 0.1) is 0 Å². The fraction of sp³-hybridized carbons (Fsp3) is 0.231. The van der Waals surface area contributed by atoms with Crippen LogP contribution >= 0.6 is 0 Å². The van der Waals surface area contributed by atoms with Gasteiger partial charge in [-0.05, 0) is 67.6 Å². The van der Waals surface area contributed by atoms with Gasteiger partial charge in [0.2, 0.25) is 0 Å². The zero-order valence-corrected chi connectivity index (χ0v) is 15.4. The molecule has 0 saturated heterocycles. The minimum absolute atomic E-state index is 1.19. The molecule has 0 unspecified atom stereocenters. The van der Waals surface area contributed by atoms with E-state index < -0.39 is 0 Å². The van der Waals surface area contributed by atoms with Crippen molar-refractivity contribution in [3.63, 3.8) is 0 Å². The van der Waals surface area contributed by atoms with Crippen LogP contribution in [-0.2, 0) is 6.42 Å². The molecule has 0 aliphatic rings. The van der Waals surface area contributed by atoms with E-state index in [1.54, 1.807) is 0 Å². The van der Waals surface area contributed by atoms with E-state index in [1.165, 1.54) is 80.8 Å². The minimum Gasteiger partial charge on any atom is -0.0654 e. The van der Waals surface area contributed by atoms with Crippen LogP contribution in [0.25, 0.3) is 43.1 Å². The van der Waals surface area contributed by atoms with E-state index in [0.29, 0.717) is 0 Å². The standard InChI is InChI=1S/C26H24/c1-2-3-4-5-8-18-9-7-12-22-23-16-15-20-11-6-10-19-13-14-21(17-24(18)22)26(23)25(19)20/h6-7,9-17H,2-5,8H2,1H3. The molecule has 0 heterocycles. The molecule has 0 radical (unpaired) electrons. The van der Waals surface area contributed by atoms with Crippen molar-refractivity contribution in [2.24, 2.45) is 0 Å². The SMILES string of the molecule is CCCCCCc1cccc2c1cc1ccc3cccc4ccc2c1c34. The molecular weight excluding hydrogens is 312 g/mol. The van der Waals surface area contributed by atoms with Crippen LogP contribution in [0.5, 0.6) is 0 Å². The number of benzene rings is 5. The zero-order chi connectivity index (χ0) is 17.5. The van der Waals surface area contributed by atoms with E-state index in [1.807, 2.05) is 0 Å². The topological polar surface area (TPSA) is 0 Å². The van der Waals surface area contributed by atoms with Crippen LogP contribution in [0.1, 0.15) is 38.2 Å². The van der Waals surface area contributed by atoms with Crippen LogP contribution < -0.4 is 0 Å². The molecule has 0 aliphatic heterocycles. The molecule has 0 aliphatic carbocycles. The second-order valence-corrected chi connectivity index (χ2v) is 7.56. The first-order valence-electron chi connectivity index (χ1n) is 9.95. The maximum Gasteiger partial charge on any atom is -0.00203 e. The molecule has 5 aromatic rings. The van der Waals surface area contributed by atoms with Crippen LogP contribution in [0.3, 0.4) is 0 Å². The molecule has 0 bridgehead atoms. The number of hydrogen-bond donors (Lipinski definition) is 0. The molecule has 0 heteroatoms. The summed E-state index contributed by atoms with van der Waals surface area (Å²) in [7, 11) is 0. The summed E-state index contributed by atoms with van der Waals surface area (Å²) in [4.78, 5) is 0. The van der Waals surface area contributed by atoms with Crippen molar-refractivity contribution < 1.29 is 0 Å². The summed E-state index contributed by atoms with van der Waals surface area (Å²) in [6.07, 6.45) is 6.45. The Morgan fingerprint density at radius 1 is 0.577 bits per heavy atom. The number of hydrogen-bond acceptors (Lipinski definition) is 0. The van der Waals surface area contributed by atoms with Gasteiger partial charge in [0.15, 0.2) is 0 Å². The summed E-state index contributed by atoms with van der Waals surface area (Å²) >= 11 is 0. The predicted octanol–water partition coefficient (Wildman–Crippen LogP) is 7.86. The van der Waals surface area contributed by atoms with Gasteiger partial charge in [-0.1, -0.05) is 86.8 Å². The van der Waals surface area contributed by atoms with Crippen molar-refractivity contribution in [3.05, 3.63) is 72.3 Å². The van der Waals surface area contributed by atoms with Crippen molar-refractivity contribution in [1.29, 1.82) is 0 Å². The Bertz CT molecular complexity index is 1200. The first kappa shape index (κ1) is 15.6.